The van der Waals surface area contributed by atoms with Crippen molar-refractivity contribution in [2.45, 2.75) is 53.0 Å². The van der Waals surface area contributed by atoms with Gasteiger partial charge in [0, 0.05) is 19.1 Å². The van der Waals surface area contributed by atoms with Crippen molar-refractivity contribution in [1.29, 1.82) is 0 Å². The Morgan fingerprint density at radius 3 is 2.06 bits per heavy atom. The molecule has 0 saturated heterocycles. The summed E-state index contributed by atoms with van der Waals surface area (Å²) in [5, 5.41) is 3.24. The molecule has 0 unspecified atom stereocenters. The Kier molecular flexibility index (Phi) is 8.82. The van der Waals surface area contributed by atoms with Gasteiger partial charge in [0.1, 0.15) is 0 Å². The van der Waals surface area contributed by atoms with Crippen LogP contribution in [0.15, 0.2) is 0 Å². The van der Waals surface area contributed by atoms with E-state index in [0.29, 0.717) is 25.6 Å². The summed E-state index contributed by atoms with van der Waals surface area (Å²) in [6.07, 6.45) is 2.44. The van der Waals surface area contributed by atoms with Gasteiger partial charge >= 0.3 is 0 Å². The van der Waals surface area contributed by atoms with Crippen LogP contribution in [0.2, 0.25) is 0 Å². The standard InChI is InChI=1S/C12H28N2O2S/c1-5-9-14(10-6-2)17(15,16)11-7-8-13-12(3)4/h12-13H,5-11H2,1-4H3. The number of rotatable bonds is 10. The number of hydrogen-bond acceptors (Lipinski definition) is 3. The Bertz CT molecular complexity index is 270. The van der Waals surface area contributed by atoms with Crippen LogP contribution in [0, 0.1) is 0 Å². The van der Waals surface area contributed by atoms with Crippen LogP contribution in [-0.4, -0.2) is 44.2 Å². The summed E-state index contributed by atoms with van der Waals surface area (Å²) in [7, 11) is -3.05. The molecule has 0 heterocycles. The highest BCUT2D eigenvalue weighted by Gasteiger charge is 2.19. The zero-order valence-electron chi connectivity index (χ0n) is 11.7. The summed E-state index contributed by atoms with van der Waals surface area (Å²) in [6, 6.07) is 0.417. The van der Waals surface area contributed by atoms with Crippen LogP contribution in [0.5, 0.6) is 0 Å². The fourth-order valence-corrected chi connectivity index (χ4v) is 3.35. The summed E-state index contributed by atoms with van der Waals surface area (Å²) in [5.41, 5.74) is 0. The third-order valence-electron chi connectivity index (χ3n) is 2.47. The third-order valence-corrected chi connectivity index (χ3v) is 4.43. The monoisotopic (exact) mass is 264 g/mol. The summed E-state index contributed by atoms with van der Waals surface area (Å²) in [5.74, 6) is 0.257. The second-order valence-corrected chi connectivity index (χ2v) is 6.77. The summed E-state index contributed by atoms with van der Waals surface area (Å²) >= 11 is 0. The maximum atomic E-state index is 12.1. The van der Waals surface area contributed by atoms with E-state index in [9.17, 15) is 8.42 Å². The topological polar surface area (TPSA) is 49.4 Å². The first kappa shape index (κ1) is 16.9. The number of nitrogens with one attached hydrogen (secondary N) is 1. The van der Waals surface area contributed by atoms with Gasteiger partial charge in [0.2, 0.25) is 10.0 Å². The third kappa shape index (κ3) is 7.73. The highest BCUT2D eigenvalue weighted by molar-refractivity contribution is 7.89. The molecule has 0 aliphatic heterocycles. The highest BCUT2D eigenvalue weighted by Crippen LogP contribution is 2.05. The van der Waals surface area contributed by atoms with E-state index in [1.165, 1.54) is 0 Å². The summed E-state index contributed by atoms with van der Waals surface area (Å²) in [4.78, 5) is 0. The van der Waals surface area contributed by atoms with Crippen LogP contribution < -0.4 is 5.32 Å². The first-order valence-corrected chi connectivity index (χ1v) is 8.26. The predicted octanol–water partition coefficient (Wildman–Crippen LogP) is 1.83. The SMILES string of the molecule is CCCN(CCC)S(=O)(=O)CCCNC(C)C. The van der Waals surface area contributed by atoms with E-state index >= 15 is 0 Å². The van der Waals surface area contributed by atoms with Gasteiger partial charge in [-0.05, 0) is 25.8 Å². The molecule has 0 aromatic carbocycles. The lowest BCUT2D eigenvalue weighted by atomic mass is 10.4. The van der Waals surface area contributed by atoms with Crippen molar-refractivity contribution in [3.05, 3.63) is 0 Å². The van der Waals surface area contributed by atoms with E-state index in [2.05, 4.69) is 19.2 Å². The molecule has 0 atom stereocenters. The molecule has 0 fully saturated rings. The molecule has 0 rings (SSSR count). The first-order chi connectivity index (χ1) is 7.94. The lowest BCUT2D eigenvalue weighted by molar-refractivity contribution is 0.408. The van der Waals surface area contributed by atoms with Gasteiger partial charge in [-0.3, -0.25) is 0 Å². The second kappa shape index (κ2) is 8.89. The molecule has 0 aromatic heterocycles. The van der Waals surface area contributed by atoms with E-state index in [1.807, 2.05) is 13.8 Å². The number of nitrogens with zero attached hydrogens (tertiary/aromatic N) is 1. The summed E-state index contributed by atoms with van der Waals surface area (Å²) < 4.78 is 25.7. The van der Waals surface area contributed by atoms with Crippen LogP contribution in [0.4, 0.5) is 0 Å². The molecule has 1 N–H and O–H groups in total. The molecule has 0 amide bonds. The molecular weight excluding hydrogens is 236 g/mol. The Hall–Kier alpha value is -0.130. The largest absolute Gasteiger partial charge is 0.314 e. The average Bonchev–Trinajstić information content (AvgIpc) is 2.24. The van der Waals surface area contributed by atoms with E-state index < -0.39 is 10.0 Å². The molecule has 0 spiro atoms. The van der Waals surface area contributed by atoms with Gasteiger partial charge in [0.15, 0.2) is 0 Å². The Balaban J connectivity index is 4.13. The van der Waals surface area contributed by atoms with Gasteiger partial charge in [0.05, 0.1) is 5.75 Å². The van der Waals surface area contributed by atoms with Gasteiger partial charge < -0.3 is 5.32 Å². The molecule has 104 valence electrons. The van der Waals surface area contributed by atoms with Gasteiger partial charge in [-0.2, -0.15) is 0 Å². The normalized spacial score (nSPS) is 12.6. The lowest BCUT2D eigenvalue weighted by Crippen LogP contribution is -2.35. The van der Waals surface area contributed by atoms with Gasteiger partial charge in [0.25, 0.3) is 0 Å². The number of sulfonamides is 1. The smallest absolute Gasteiger partial charge is 0.214 e. The minimum absolute atomic E-state index is 0.257. The Morgan fingerprint density at radius 1 is 1.12 bits per heavy atom. The molecule has 0 aliphatic rings. The van der Waals surface area contributed by atoms with Crippen LogP contribution in [-0.2, 0) is 10.0 Å². The zero-order chi connectivity index (χ0) is 13.3. The molecule has 4 nitrogen and oxygen atoms in total. The highest BCUT2D eigenvalue weighted by atomic mass is 32.2. The maximum Gasteiger partial charge on any atom is 0.214 e. The molecule has 0 aromatic rings. The van der Waals surface area contributed by atoms with Crippen molar-refractivity contribution in [2.75, 3.05) is 25.4 Å². The fraction of sp³-hybridized carbons (Fsp3) is 1.00. The molecule has 17 heavy (non-hydrogen) atoms. The van der Waals surface area contributed by atoms with Crippen LogP contribution >= 0.6 is 0 Å². The second-order valence-electron chi connectivity index (χ2n) is 4.68. The van der Waals surface area contributed by atoms with E-state index in [4.69, 9.17) is 0 Å². The molecule has 5 heteroatoms. The van der Waals surface area contributed by atoms with E-state index in [0.717, 1.165) is 19.4 Å². The van der Waals surface area contributed by atoms with Crippen molar-refractivity contribution in [3.63, 3.8) is 0 Å². The molecular formula is C12H28N2O2S. The average molecular weight is 264 g/mol. The van der Waals surface area contributed by atoms with Crippen molar-refractivity contribution in [2.24, 2.45) is 0 Å². The first-order valence-electron chi connectivity index (χ1n) is 6.65. The van der Waals surface area contributed by atoms with Gasteiger partial charge in [-0.15, -0.1) is 0 Å². The molecule has 0 saturated carbocycles. The maximum absolute atomic E-state index is 12.1. The number of hydrogen-bond donors (Lipinski definition) is 1. The van der Waals surface area contributed by atoms with Crippen LogP contribution in [0.25, 0.3) is 0 Å². The summed E-state index contributed by atoms with van der Waals surface area (Å²) in [6.45, 7) is 10.2. The molecule has 0 radical (unpaired) electrons. The fourth-order valence-electron chi connectivity index (χ4n) is 1.66. The van der Waals surface area contributed by atoms with Crippen molar-refractivity contribution < 1.29 is 8.42 Å². The minimum Gasteiger partial charge on any atom is -0.314 e. The van der Waals surface area contributed by atoms with Gasteiger partial charge in [-0.1, -0.05) is 27.7 Å². The van der Waals surface area contributed by atoms with Crippen LogP contribution in [0.3, 0.4) is 0 Å². The van der Waals surface area contributed by atoms with Crippen molar-refractivity contribution in [3.8, 4) is 0 Å². The van der Waals surface area contributed by atoms with Crippen molar-refractivity contribution >= 4 is 10.0 Å². The molecule has 0 aliphatic carbocycles. The van der Waals surface area contributed by atoms with E-state index in [1.54, 1.807) is 4.31 Å². The van der Waals surface area contributed by atoms with Crippen molar-refractivity contribution in [1.82, 2.24) is 9.62 Å². The zero-order valence-corrected chi connectivity index (χ0v) is 12.5. The quantitative estimate of drug-likeness (QED) is 0.612. The minimum atomic E-state index is -3.05. The Morgan fingerprint density at radius 2 is 1.65 bits per heavy atom. The molecule has 0 bridgehead atoms. The van der Waals surface area contributed by atoms with Crippen LogP contribution in [0.1, 0.15) is 47.0 Å². The lowest BCUT2D eigenvalue weighted by Gasteiger charge is -2.21. The Labute approximate surface area is 107 Å². The predicted molar refractivity (Wildman–Crippen MR) is 73.7 cm³/mol. The van der Waals surface area contributed by atoms with E-state index in [-0.39, 0.29) is 5.75 Å². The van der Waals surface area contributed by atoms with Gasteiger partial charge in [-0.25, -0.2) is 12.7 Å².